The number of aliphatic carboxylic acids is 1. The average Bonchev–Trinajstić information content (AvgIpc) is 2.34. The van der Waals surface area contributed by atoms with Crippen molar-refractivity contribution >= 4 is 23.6 Å². The standard InChI is InChI=1S/C12H21NO3S/c1-13(10-5-3-2-4-6-10)11(14)9-17-8-7-12(15)16/h10H,2-9H2,1H3,(H,15,16). The van der Waals surface area contributed by atoms with Crippen molar-refractivity contribution in [1.82, 2.24) is 4.90 Å². The maximum atomic E-state index is 11.8. The molecule has 98 valence electrons. The van der Waals surface area contributed by atoms with Crippen LogP contribution in [0, 0.1) is 0 Å². The molecule has 1 aliphatic carbocycles. The Labute approximate surface area is 107 Å². The van der Waals surface area contributed by atoms with Gasteiger partial charge >= 0.3 is 5.97 Å². The largest absolute Gasteiger partial charge is 0.481 e. The van der Waals surface area contributed by atoms with Gasteiger partial charge in [0.2, 0.25) is 5.91 Å². The fraction of sp³-hybridized carbons (Fsp3) is 0.833. The van der Waals surface area contributed by atoms with E-state index >= 15 is 0 Å². The Bertz CT molecular complexity index is 264. The van der Waals surface area contributed by atoms with Crippen LogP contribution in [0.3, 0.4) is 0 Å². The number of amides is 1. The average molecular weight is 259 g/mol. The van der Waals surface area contributed by atoms with Crippen molar-refractivity contribution in [2.24, 2.45) is 0 Å². The number of carbonyl (C=O) groups excluding carboxylic acids is 1. The van der Waals surface area contributed by atoms with Gasteiger partial charge in [0.05, 0.1) is 12.2 Å². The summed E-state index contributed by atoms with van der Waals surface area (Å²) in [4.78, 5) is 24.0. The van der Waals surface area contributed by atoms with Gasteiger partial charge in [-0.05, 0) is 12.8 Å². The zero-order chi connectivity index (χ0) is 12.7. The second-order valence-corrected chi connectivity index (χ2v) is 5.60. The molecule has 5 heteroatoms. The molecule has 1 amide bonds. The molecule has 0 aromatic carbocycles. The van der Waals surface area contributed by atoms with E-state index in [9.17, 15) is 9.59 Å². The van der Waals surface area contributed by atoms with Crippen LogP contribution in [0.4, 0.5) is 0 Å². The fourth-order valence-corrected chi connectivity index (χ4v) is 2.93. The summed E-state index contributed by atoms with van der Waals surface area (Å²) in [6.45, 7) is 0. The third kappa shape index (κ3) is 5.44. The number of carboxylic acid groups (broad SMARTS) is 1. The lowest BCUT2D eigenvalue weighted by Crippen LogP contribution is -2.39. The zero-order valence-electron chi connectivity index (χ0n) is 10.4. The van der Waals surface area contributed by atoms with Gasteiger partial charge in [-0.15, -0.1) is 0 Å². The molecule has 0 unspecified atom stereocenters. The molecule has 0 atom stereocenters. The highest BCUT2D eigenvalue weighted by Crippen LogP contribution is 2.22. The van der Waals surface area contributed by atoms with Gasteiger partial charge in [-0.2, -0.15) is 11.8 Å². The van der Waals surface area contributed by atoms with Crippen molar-refractivity contribution in [1.29, 1.82) is 0 Å². The van der Waals surface area contributed by atoms with Crippen LogP contribution < -0.4 is 0 Å². The van der Waals surface area contributed by atoms with Gasteiger partial charge in [0.15, 0.2) is 0 Å². The molecule has 1 aliphatic rings. The van der Waals surface area contributed by atoms with Crippen molar-refractivity contribution in [2.45, 2.75) is 44.6 Å². The quantitative estimate of drug-likeness (QED) is 0.741. The van der Waals surface area contributed by atoms with E-state index in [2.05, 4.69) is 0 Å². The highest BCUT2D eigenvalue weighted by atomic mass is 32.2. The van der Waals surface area contributed by atoms with Crippen LogP contribution in [0.15, 0.2) is 0 Å². The van der Waals surface area contributed by atoms with Crippen LogP contribution in [0.5, 0.6) is 0 Å². The Morgan fingerprint density at radius 2 is 1.94 bits per heavy atom. The predicted octanol–water partition coefficient (Wildman–Crippen LogP) is 1.99. The van der Waals surface area contributed by atoms with Crippen LogP contribution >= 0.6 is 11.8 Å². The van der Waals surface area contributed by atoms with Crippen molar-refractivity contribution in [3.8, 4) is 0 Å². The van der Waals surface area contributed by atoms with Gasteiger partial charge in [0.25, 0.3) is 0 Å². The van der Waals surface area contributed by atoms with Crippen LogP contribution in [-0.4, -0.2) is 46.5 Å². The Hall–Kier alpha value is -0.710. The molecule has 0 saturated heterocycles. The van der Waals surface area contributed by atoms with E-state index < -0.39 is 5.97 Å². The van der Waals surface area contributed by atoms with E-state index in [-0.39, 0.29) is 12.3 Å². The van der Waals surface area contributed by atoms with E-state index in [1.165, 1.54) is 31.0 Å². The van der Waals surface area contributed by atoms with Crippen LogP contribution in [-0.2, 0) is 9.59 Å². The van der Waals surface area contributed by atoms with E-state index in [0.717, 1.165) is 12.8 Å². The Balaban J connectivity index is 2.19. The first-order chi connectivity index (χ1) is 8.11. The summed E-state index contributed by atoms with van der Waals surface area (Å²) in [5.41, 5.74) is 0. The molecule has 1 saturated carbocycles. The van der Waals surface area contributed by atoms with Crippen LogP contribution in [0.25, 0.3) is 0 Å². The second kappa shape index (κ2) is 7.58. The van der Waals surface area contributed by atoms with E-state index in [1.807, 2.05) is 11.9 Å². The molecule has 0 heterocycles. The SMILES string of the molecule is CN(C(=O)CSCCC(=O)O)C1CCCCC1. The molecule has 17 heavy (non-hydrogen) atoms. The van der Waals surface area contributed by atoms with Gasteiger partial charge < -0.3 is 10.0 Å². The minimum atomic E-state index is -0.800. The van der Waals surface area contributed by atoms with Crippen molar-refractivity contribution in [2.75, 3.05) is 18.6 Å². The van der Waals surface area contributed by atoms with Gasteiger partial charge in [-0.3, -0.25) is 9.59 Å². The highest BCUT2D eigenvalue weighted by Gasteiger charge is 2.21. The lowest BCUT2D eigenvalue weighted by molar-refractivity contribution is -0.136. The molecule has 1 fully saturated rings. The Kier molecular flexibility index (Phi) is 6.40. The van der Waals surface area contributed by atoms with Crippen LogP contribution in [0.2, 0.25) is 0 Å². The monoisotopic (exact) mass is 259 g/mol. The summed E-state index contributed by atoms with van der Waals surface area (Å²) in [6.07, 6.45) is 6.07. The number of hydrogen-bond donors (Lipinski definition) is 1. The third-order valence-electron chi connectivity index (χ3n) is 3.20. The number of nitrogens with zero attached hydrogens (tertiary/aromatic N) is 1. The smallest absolute Gasteiger partial charge is 0.304 e. The first-order valence-corrected chi connectivity index (χ1v) is 7.32. The summed E-state index contributed by atoms with van der Waals surface area (Å²) >= 11 is 1.41. The summed E-state index contributed by atoms with van der Waals surface area (Å²) in [7, 11) is 1.87. The summed E-state index contributed by atoms with van der Waals surface area (Å²) in [5.74, 6) is 0.248. The summed E-state index contributed by atoms with van der Waals surface area (Å²) in [6, 6.07) is 0.399. The lowest BCUT2D eigenvalue weighted by atomic mass is 9.94. The van der Waals surface area contributed by atoms with E-state index in [0.29, 0.717) is 17.5 Å². The molecular formula is C12H21NO3S. The maximum Gasteiger partial charge on any atom is 0.304 e. The third-order valence-corrected chi connectivity index (χ3v) is 4.15. The number of hydrogen-bond acceptors (Lipinski definition) is 3. The normalized spacial score (nSPS) is 16.8. The zero-order valence-corrected chi connectivity index (χ0v) is 11.2. The van der Waals surface area contributed by atoms with Gasteiger partial charge in [-0.25, -0.2) is 0 Å². The lowest BCUT2D eigenvalue weighted by Gasteiger charge is -2.31. The molecule has 0 spiro atoms. The van der Waals surface area contributed by atoms with Crippen LogP contribution in [0.1, 0.15) is 38.5 Å². The first-order valence-electron chi connectivity index (χ1n) is 6.16. The first kappa shape index (κ1) is 14.4. The highest BCUT2D eigenvalue weighted by molar-refractivity contribution is 7.99. The summed E-state index contributed by atoms with van der Waals surface area (Å²) < 4.78 is 0. The van der Waals surface area contributed by atoms with Gasteiger partial charge in [-0.1, -0.05) is 19.3 Å². The van der Waals surface area contributed by atoms with Crippen molar-refractivity contribution in [3.05, 3.63) is 0 Å². The molecule has 0 bridgehead atoms. The van der Waals surface area contributed by atoms with E-state index in [4.69, 9.17) is 5.11 Å². The molecule has 0 aromatic rings. The Morgan fingerprint density at radius 3 is 2.53 bits per heavy atom. The maximum absolute atomic E-state index is 11.8. The minimum Gasteiger partial charge on any atom is -0.481 e. The number of carbonyl (C=O) groups is 2. The molecule has 4 nitrogen and oxygen atoms in total. The predicted molar refractivity (Wildman–Crippen MR) is 69.2 cm³/mol. The topological polar surface area (TPSA) is 57.6 Å². The van der Waals surface area contributed by atoms with Crippen molar-refractivity contribution < 1.29 is 14.7 Å². The molecule has 0 radical (unpaired) electrons. The molecular weight excluding hydrogens is 238 g/mol. The molecule has 0 aliphatic heterocycles. The molecule has 0 aromatic heterocycles. The van der Waals surface area contributed by atoms with Crippen molar-refractivity contribution in [3.63, 3.8) is 0 Å². The number of rotatable bonds is 6. The number of carboxylic acids is 1. The minimum absolute atomic E-state index is 0.130. The second-order valence-electron chi connectivity index (χ2n) is 4.49. The number of thioether (sulfide) groups is 1. The summed E-state index contributed by atoms with van der Waals surface area (Å²) in [5, 5.41) is 8.48. The fourth-order valence-electron chi connectivity index (χ4n) is 2.09. The Morgan fingerprint density at radius 1 is 1.29 bits per heavy atom. The van der Waals surface area contributed by atoms with Gasteiger partial charge in [0, 0.05) is 18.8 Å². The molecule has 1 N–H and O–H groups in total. The van der Waals surface area contributed by atoms with E-state index in [1.54, 1.807) is 0 Å². The molecule has 1 rings (SSSR count). The van der Waals surface area contributed by atoms with Gasteiger partial charge in [0.1, 0.15) is 0 Å².